The fourth-order valence-electron chi connectivity index (χ4n) is 4.00. The zero-order chi connectivity index (χ0) is 19.0. The summed E-state index contributed by atoms with van der Waals surface area (Å²) in [5.74, 6) is 0.263. The van der Waals surface area contributed by atoms with Crippen LogP contribution in [0.4, 0.5) is 13.2 Å². The van der Waals surface area contributed by atoms with E-state index in [2.05, 4.69) is 48.1 Å². The van der Waals surface area contributed by atoms with E-state index < -0.39 is 6.36 Å². The molecule has 27 heavy (non-hydrogen) atoms. The summed E-state index contributed by atoms with van der Waals surface area (Å²) in [4.78, 5) is 0. The van der Waals surface area contributed by atoms with Gasteiger partial charge in [0.2, 0.25) is 0 Å². The van der Waals surface area contributed by atoms with Crippen molar-refractivity contribution in [3.8, 4) is 5.75 Å². The van der Waals surface area contributed by atoms with Crippen LogP contribution in [0.25, 0.3) is 10.8 Å². The molecule has 1 aliphatic rings. The third kappa shape index (κ3) is 3.95. The summed E-state index contributed by atoms with van der Waals surface area (Å²) in [5, 5.41) is 2.49. The van der Waals surface area contributed by atoms with Crippen molar-refractivity contribution >= 4 is 10.8 Å². The molecule has 0 amide bonds. The van der Waals surface area contributed by atoms with Gasteiger partial charge in [0.1, 0.15) is 5.75 Å². The van der Waals surface area contributed by atoms with E-state index in [-0.39, 0.29) is 5.75 Å². The van der Waals surface area contributed by atoms with Crippen LogP contribution < -0.4 is 4.74 Å². The summed E-state index contributed by atoms with van der Waals surface area (Å²) in [5.41, 5.74) is 4.70. The van der Waals surface area contributed by atoms with E-state index in [1.807, 2.05) is 0 Å². The second-order valence-electron chi connectivity index (χ2n) is 7.21. The lowest BCUT2D eigenvalue weighted by molar-refractivity contribution is -0.274. The van der Waals surface area contributed by atoms with Crippen LogP contribution in [0.15, 0.2) is 54.6 Å². The fourth-order valence-corrected chi connectivity index (χ4v) is 4.00. The minimum absolute atomic E-state index is 0.128. The second kappa shape index (κ2) is 6.91. The van der Waals surface area contributed by atoms with E-state index in [4.69, 9.17) is 0 Å². The van der Waals surface area contributed by atoms with Gasteiger partial charge in [-0.15, -0.1) is 13.2 Å². The predicted molar refractivity (Wildman–Crippen MR) is 101 cm³/mol. The van der Waals surface area contributed by atoms with Crippen LogP contribution in [0, 0.1) is 0 Å². The highest BCUT2D eigenvalue weighted by molar-refractivity contribution is 5.84. The smallest absolute Gasteiger partial charge is 0.406 e. The fraction of sp³-hybridized carbons (Fsp3) is 0.304. The van der Waals surface area contributed by atoms with Crippen LogP contribution in [-0.2, 0) is 19.3 Å². The van der Waals surface area contributed by atoms with Gasteiger partial charge in [0.15, 0.2) is 0 Å². The molecule has 0 fully saturated rings. The quantitative estimate of drug-likeness (QED) is 0.506. The molecule has 140 valence electrons. The SMILES string of the molecule is CCc1ccc2cc(C3CCc4cc(OC(F)(F)F)ccc4C3)ccc2c1. The molecule has 0 bridgehead atoms. The summed E-state index contributed by atoms with van der Waals surface area (Å²) in [6.45, 7) is 2.15. The highest BCUT2D eigenvalue weighted by atomic mass is 19.4. The first-order chi connectivity index (χ1) is 12.9. The number of rotatable bonds is 3. The number of benzene rings is 3. The summed E-state index contributed by atoms with van der Waals surface area (Å²) < 4.78 is 41.3. The topological polar surface area (TPSA) is 9.23 Å². The second-order valence-corrected chi connectivity index (χ2v) is 7.21. The molecule has 0 aromatic heterocycles. The third-order valence-corrected chi connectivity index (χ3v) is 5.45. The van der Waals surface area contributed by atoms with E-state index in [0.29, 0.717) is 5.92 Å². The maximum absolute atomic E-state index is 12.4. The number of aryl methyl sites for hydroxylation is 2. The molecule has 3 aromatic carbocycles. The van der Waals surface area contributed by atoms with Gasteiger partial charge in [-0.25, -0.2) is 0 Å². The molecule has 1 aliphatic carbocycles. The third-order valence-electron chi connectivity index (χ3n) is 5.45. The molecule has 1 unspecified atom stereocenters. The molecule has 0 spiro atoms. The average Bonchev–Trinajstić information content (AvgIpc) is 2.65. The van der Waals surface area contributed by atoms with Gasteiger partial charge in [-0.05, 0) is 76.8 Å². The van der Waals surface area contributed by atoms with Crippen molar-refractivity contribution in [2.24, 2.45) is 0 Å². The van der Waals surface area contributed by atoms with E-state index >= 15 is 0 Å². The van der Waals surface area contributed by atoms with Crippen molar-refractivity contribution in [3.05, 3.63) is 76.9 Å². The zero-order valence-electron chi connectivity index (χ0n) is 15.1. The Labute approximate surface area is 156 Å². The predicted octanol–water partition coefficient (Wildman–Crippen LogP) is 6.57. The van der Waals surface area contributed by atoms with Crippen LogP contribution in [-0.4, -0.2) is 6.36 Å². The van der Waals surface area contributed by atoms with E-state index in [1.54, 1.807) is 6.07 Å². The Balaban J connectivity index is 1.56. The maximum atomic E-state index is 12.4. The van der Waals surface area contributed by atoms with Crippen LogP contribution in [0.1, 0.15) is 41.5 Å². The number of alkyl halides is 3. The normalized spacial score (nSPS) is 17.0. The number of hydrogen-bond acceptors (Lipinski definition) is 1. The van der Waals surface area contributed by atoms with Crippen molar-refractivity contribution < 1.29 is 17.9 Å². The van der Waals surface area contributed by atoms with Crippen molar-refractivity contribution in [3.63, 3.8) is 0 Å². The molecule has 0 aliphatic heterocycles. The number of halogens is 3. The van der Waals surface area contributed by atoms with Crippen molar-refractivity contribution in [2.45, 2.75) is 44.9 Å². The molecule has 4 heteroatoms. The molecule has 0 radical (unpaired) electrons. The number of fused-ring (bicyclic) bond motifs is 2. The van der Waals surface area contributed by atoms with E-state index in [9.17, 15) is 13.2 Å². The minimum atomic E-state index is -4.64. The van der Waals surface area contributed by atoms with Gasteiger partial charge in [-0.1, -0.05) is 49.4 Å². The lowest BCUT2D eigenvalue weighted by Crippen LogP contribution is -2.18. The van der Waals surface area contributed by atoms with Crippen molar-refractivity contribution in [1.82, 2.24) is 0 Å². The van der Waals surface area contributed by atoms with Gasteiger partial charge in [-0.2, -0.15) is 0 Å². The first kappa shape index (κ1) is 17.9. The lowest BCUT2D eigenvalue weighted by Gasteiger charge is -2.26. The highest BCUT2D eigenvalue weighted by Crippen LogP contribution is 2.36. The molecular formula is C23H21F3O. The highest BCUT2D eigenvalue weighted by Gasteiger charge is 2.31. The van der Waals surface area contributed by atoms with E-state index in [1.165, 1.54) is 34.0 Å². The van der Waals surface area contributed by atoms with Gasteiger partial charge in [0.05, 0.1) is 0 Å². The molecule has 4 rings (SSSR count). The summed E-state index contributed by atoms with van der Waals surface area (Å²) >= 11 is 0. The largest absolute Gasteiger partial charge is 0.573 e. The average molecular weight is 370 g/mol. The minimum Gasteiger partial charge on any atom is -0.406 e. The van der Waals surface area contributed by atoms with Crippen molar-refractivity contribution in [2.75, 3.05) is 0 Å². The molecule has 0 N–H and O–H groups in total. The summed E-state index contributed by atoms with van der Waals surface area (Å²) in [6, 6.07) is 17.9. The Bertz CT molecular complexity index is 975. The summed E-state index contributed by atoms with van der Waals surface area (Å²) in [6.07, 6.45) is -1.08. The van der Waals surface area contributed by atoms with Gasteiger partial charge >= 0.3 is 6.36 Å². The Kier molecular flexibility index (Phi) is 4.58. The molecule has 1 atom stereocenters. The Morgan fingerprint density at radius 3 is 2.48 bits per heavy atom. The molecular weight excluding hydrogens is 349 g/mol. The van der Waals surface area contributed by atoms with Gasteiger partial charge in [0, 0.05) is 0 Å². The van der Waals surface area contributed by atoms with Crippen LogP contribution in [0.3, 0.4) is 0 Å². The van der Waals surface area contributed by atoms with Gasteiger partial charge < -0.3 is 4.74 Å². The molecule has 0 saturated carbocycles. The first-order valence-corrected chi connectivity index (χ1v) is 9.31. The summed E-state index contributed by atoms with van der Waals surface area (Å²) in [7, 11) is 0. The Morgan fingerprint density at radius 2 is 1.70 bits per heavy atom. The Morgan fingerprint density at radius 1 is 0.926 bits per heavy atom. The molecule has 0 heterocycles. The monoisotopic (exact) mass is 370 g/mol. The molecule has 3 aromatic rings. The van der Waals surface area contributed by atoms with Gasteiger partial charge in [-0.3, -0.25) is 0 Å². The van der Waals surface area contributed by atoms with Crippen LogP contribution >= 0.6 is 0 Å². The molecule has 0 saturated heterocycles. The van der Waals surface area contributed by atoms with Gasteiger partial charge in [0.25, 0.3) is 0 Å². The molecule has 1 nitrogen and oxygen atoms in total. The number of ether oxygens (including phenoxy) is 1. The maximum Gasteiger partial charge on any atom is 0.573 e. The van der Waals surface area contributed by atoms with Crippen LogP contribution in [0.2, 0.25) is 0 Å². The Hall–Kier alpha value is -2.49. The first-order valence-electron chi connectivity index (χ1n) is 9.31. The number of hydrogen-bond donors (Lipinski definition) is 0. The van der Waals surface area contributed by atoms with Crippen molar-refractivity contribution in [1.29, 1.82) is 0 Å². The van der Waals surface area contributed by atoms with Crippen LogP contribution in [0.5, 0.6) is 5.75 Å². The lowest BCUT2D eigenvalue weighted by atomic mass is 9.79. The van der Waals surface area contributed by atoms with E-state index in [0.717, 1.165) is 36.8 Å². The standard InChI is InChI=1S/C23H21F3O/c1-2-15-3-4-17-12-18(6-5-16(17)11-15)19-7-8-21-14-22(27-23(24,25)26)10-9-20(21)13-19/h3-6,9-12,14,19H,2,7-8,13H2,1H3. The zero-order valence-corrected chi connectivity index (χ0v) is 15.1.